The van der Waals surface area contributed by atoms with Gasteiger partial charge in [0.05, 0.1) is 0 Å². The second-order valence-electron chi connectivity index (χ2n) is 3.30. The van der Waals surface area contributed by atoms with Crippen LogP contribution < -0.4 is 0 Å². The van der Waals surface area contributed by atoms with Crippen molar-refractivity contribution in [3.8, 4) is 11.6 Å². The summed E-state index contributed by atoms with van der Waals surface area (Å²) in [5.41, 5.74) is 2.13. The van der Waals surface area contributed by atoms with Crippen molar-refractivity contribution in [3.63, 3.8) is 0 Å². The molecule has 72 valence electrons. The Bertz CT molecular complexity index is 441. The second kappa shape index (κ2) is 3.18. The van der Waals surface area contributed by atoms with Crippen molar-refractivity contribution in [2.24, 2.45) is 0 Å². The van der Waals surface area contributed by atoms with E-state index < -0.39 is 0 Å². The molecule has 2 heterocycles. The maximum absolute atomic E-state index is 9.65. The van der Waals surface area contributed by atoms with Crippen LogP contribution in [-0.4, -0.2) is 14.7 Å². The highest BCUT2D eigenvalue weighted by molar-refractivity contribution is 5.42. The molecule has 0 aromatic carbocycles. The molecule has 1 N–H and O–H groups in total. The molecule has 0 atom stereocenters. The molecule has 0 aliphatic rings. The Kier molecular flexibility index (Phi) is 2.00. The van der Waals surface area contributed by atoms with Crippen LogP contribution in [-0.2, 0) is 0 Å². The molecule has 14 heavy (non-hydrogen) atoms. The van der Waals surface area contributed by atoms with E-state index in [1.165, 1.54) is 0 Å². The number of aromatic hydroxyl groups is 1. The van der Waals surface area contributed by atoms with Crippen LogP contribution in [0.5, 0.6) is 5.75 Å². The van der Waals surface area contributed by atoms with Gasteiger partial charge in [-0.05, 0) is 38.1 Å². The molecule has 0 spiro atoms. The number of nitrogens with zero attached hydrogens (tertiary/aromatic N) is 2. The molecule has 0 bridgehead atoms. The summed E-state index contributed by atoms with van der Waals surface area (Å²) in [5.74, 6) is 0.794. The summed E-state index contributed by atoms with van der Waals surface area (Å²) in [6.45, 7) is 3.97. The Morgan fingerprint density at radius 3 is 2.36 bits per heavy atom. The van der Waals surface area contributed by atoms with E-state index in [1.807, 2.05) is 30.5 Å². The summed E-state index contributed by atoms with van der Waals surface area (Å²) in [6.07, 6.45) is 1.67. The van der Waals surface area contributed by atoms with Crippen LogP contribution in [0.15, 0.2) is 30.5 Å². The Balaban J connectivity index is 2.66. The summed E-state index contributed by atoms with van der Waals surface area (Å²) < 4.78 is 1.93. The fourth-order valence-electron chi connectivity index (χ4n) is 1.56. The molecule has 3 heteroatoms. The molecule has 2 rings (SSSR count). The van der Waals surface area contributed by atoms with Crippen LogP contribution in [0.1, 0.15) is 11.4 Å². The van der Waals surface area contributed by atoms with E-state index in [-0.39, 0.29) is 5.75 Å². The van der Waals surface area contributed by atoms with Crippen LogP contribution in [0.25, 0.3) is 5.82 Å². The predicted octanol–water partition coefficient (Wildman–Crippen LogP) is 2.19. The standard InChI is InChI=1S/C11H12N2O/c1-8-5-6-9(2)13(8)11-10(14)4-3-7-12-11/h3-7,14H,1-2H3. The minimum atomic E-state index is 0.204. The molecule has 0 saturated heterocycles. The lowest BCUT2D eigenvalue weighted by Gasteiger charge is -2.09. The third kappa shape index (κ3) is 1.27. The first-order chi connectivity index (χ1) is 6.70. The molecule has 0 aliphatic carbocycles. The molecule has 2 aromatic heterocycles. The minimum absolute atomic E-state index is 0.204. The normalized spacial score (nSPS) is 10.4. The van der Waals surface area contributed by atoms with E-state index in [4.69, 9.17) is 0 Å². The molecular weight excluding hydrogens is 176 g/mol. The van der Waals surface area contributed by atoms with Gasteiger partial charge in [-0.25, -0.2) is 4.98 Å². The van der Waals surface area contributed by atoms with Gasteiger partial charge < -0.3 is 9.67 Å². The smallest absolute Gasteiger partial charge is 0.179 e. The Labute approximate surface area is 82.7 Å². The van der Waals surface area contributed by atoms with Crippen LogP contribution >= 0.6 is 0 Å². The topological polar surface area (TPSA) is 38.0 Å². The van der Waals surface area contributed by atoms with Gasteiger partial charge in [0.25, 0.3) is 0 Å². The van der Waals surface area contributed by atoms with Gasteiger partial charge in [0.2, 0.25) is 0 Å². The zero-order valence-corrected chi connectivity index (χ0v) is 8.23. The summed E-state index contributed by atoms with van der Waals surface area (Å²) in [5, 5.41) is 9.65. The first kappa shape index (κ1) is 8.81. The fourth-order valence-corrected chi connectivity index (χ4v) is 1.56. The highest BCUT2D eigenvalue weighted by Gasteiger charge is 2.08. The molecule has 3 nitrogen and oxygen atoms in total. The molecular formula is C11H12N2O. The van der Waals surface area contributed by atoms with Crippen molar-refractivity contribution in [1.82, 2.24) is 9.55 Å². The van der Waals surface area contributed by atoms with Crippen molar-refractivity contribution >= 4 is 0 Å². The third-order valence-corrected chi connectivity index (χ3v) is 2.25. The molecule has 0 aliphatic heterocycles. The van der Waals surface area contributed by atoms with Gasteiger partial charge in [0, 0.05) is 17.6 Å². The number of aryl methyl sites for hydroxylation is 2. The average Bonchev–Trinajstić information content (AvgIpc) is 2.48. The Morgan fingerprint density at radius 1 is 1.14 bits per heavy atom. The number of rotatable bonds is 1. The van der Waals surface area contributed by atoms with Crippen molar-refractivity contribution in [3.05, 3.63) is 41.9 Å². The van der Waals surface area contributed by atoms with Crippen molar-refractivity contribution in [2.75, 3.05) is 0 Å². The lowest BCUT2D eigenvalue weighted by molar-refractivity contribution is 0.468. The maximum atomic E-state index is 9.65. The van der Waals surface area contributed by atoms with Gasteiger partial charge in [-0.15, -0.1) is 0 Å². The van der Waals surface area contributed by atoms with E-state index in [0.29, 0.717) is 5.82 Å². The zero-order chi connectivity index (χ0) is 10.1. The highest BCUT2D eigenvalue weighted by atomic mass is 16.3. The van der Waals surface area contributed by atoms with E-state index in [1.54, 1.807) is 18.3 Å². The summed E-state index contributed by atoms with van der Waals surface area (Å²) in [4.78, 5) is 4.16. The number of hydrogen-bond donors (Lipinski definition) is 1. The first-order valence-corrected chi connectivity index (χ1v) is 4.49. The average molecular weight is 188 g/mol. The van der Waals surface area contributed by atoms with Crippen molar-refractivity contribution in [2.45, 2.75) is 13.8 Å². The fraction of sp³-hybridized carbons (Fsp3) is 0.182. The third-order valence-electron chi connectivity index (χ3n) is 2.25. The van der Waals surface area contributed by atoms with Crippen molar-refractivity contribution in [1.29, 1.82) is 0 Å². The van der Waals surface area contributed by atoms with Gasteiger partial charge in [-0.2, -0.15) is 0 Å². The molecule has 0 amide bonds. The van der Waals surface area contributed by atoms with Gasteiger partial charge in [-0.3, -0.25) is 0 Å². The molecule has 0 radical (unpaired) electrons. The van der Waals surface area contributed by atoms with E-state index in [0.717, 1.165) is 11.4 Å². The largest absolute Gasteiger partial charge is 0.504 e. The Hall–Kier alpha value is -1.77. The first-order valence-electron chi connectivity index (χ1n) is 4.49. The lowest BCUT2D eigenvalue weighted by atomic mass is 10.4. The number of aromatic nitrogens is 2. The van der Waals surface area contributed by atoms with Crippen LogP contribution in [0.2, 0.25) is 0 Å². The van der Waals surface area contributed by atoms with Crippen LogP contribution in [0.4, 0.5) is 0 Å². The van der Waals surface area contributed by atoms with E-state index in [2.05, 4.69) is 4.98 Å². The monoisotopic (exact) mass is 188 g/mol. The molecule has 2 aromatic rings. The number of hydrogen-bond acceptors (Lipinski definition) is 2. The van der Waals surface area contributed by atoms with Crippen molar-refractivity contribution < 1.29 is 5.11 Å². The van der Waals surface area contributed by atoms with E-state index >= 15 is 0 Å². The van der Waals surface area contributed by atoms with Gasteiger partial charge >= 0.3 is 0 Å². The van der Waals surface area contributed by atoms with Crippen LogP contribution in [0, 0.1) is 13.8 Å². The van der Waals surface area contributed by atoms with Gasteiger partial charge in [0.15, 0.2) is 11.6 Å². The minimum Gasteiger partial charge on any atom is -0.504 e. The lowest BCUT2D eigenvalue weighted by Crippen LogP contribution is -2.01. The summed E-state index contributed by atoms with van der Waals surface area (Å²) in [6, 6.07) is 7.36. The quantitative estimate of drug-likeness (QED) is 0.745. The second-order valence-corrected chi connectivity index (χ2v) is 3.30. The SMILES string of the molecule is Cc1ccc(C)n1-c1ncccc1O. The summed E-state index contributed by atoms with van der Waals surface area (Å²) >= 11 is 0. The van der Waals surface area contributed by atoms with E-state index in [9.17, 15) is 5.11 Å². The zero-order valence-electron chi connectivity index (χ0n) is 8.23. The van der Waals surface area contributed by atoms with Gasteiger partial charge in [0.1, 0.15) is 0 Å². The predicted molar refractivity (Wildman–Crippen MR) is 54.7 cm³/mol. The molecule has 0 saturated carbocycles. The van der Waals surface area contributed by atoms with Gasteiger partial charge in [-0.1, -0.05) is 0 Å². The Morgan fingerprint density at radius 2 is 1.79 bits per heavy atom. The summed E-state index contributed by atoms with van der Waals surface area (Å²) in [7, 11) is 0. The van der Waals surface area contributed by atoms with Crippen LogP contribution in [0.3, 0.4) is 0 Å². The molecule has 0 fully saturated rings. The highest BCUT2D eigenvalue weighted by Crippen LogP contribution is 2.21. The maximum Gasteiger partial charge on any atom is 0.179 e. The molecule has 0 unspecified atom stereocenters. The number of pyridine rings is 1.